The lowest BCUT2D eigenvalue weighted by Gasteiger charge is -2.04. The minimum Gasteiger partial charge on any atom is -0.421 e. The lowest BCUT2D eigenvalue weighted by Crippen LogP contribution is -2.12. The van der Waals surface area contributed by atoms with E-state index in [1.165, 1.54) is 5.56 Å². The van der Waals surface area contributed by atoms with E-state index < -0.39 is 0 Å². The molecular weight excluding hydrogens is 348 g/mol. The molecule has 0 aliphatic carbocycles. The molecular formula is C19H20N4O2S. The second-order valence-electron chi connectivity index (χ2n) is 5.73. The van der Waals surface area contributed by atoms with Crippen molar-refractivity contribution < 1.29 is 9.21 Å². The van der Waals surface area contributed by atoms with Crippen molar-refractivity contribution in [1.29, 1.82) is 0 Å². The van der Waals surface area contributed by atoms with Crippen LogP contribution < -0.4 is 5.32 Å². The van der Waals surface area contributed by atoms with Crippen molar-refractivity contribution in [3.63, 3.8) is 0 Å². The zero-order chi connectivity index (χ0) is 18.4. The van der Waals surface area contributed by atoms with Gasteiger partial charge >= 0.3 is 0 Å². The first-order valence-electron chi connectivity index (χ1n) is 8.42. The number of carbonyl (C=O) groups excluding carboxylic acids is 1. The summed E-state index contributed by atoms with van der Waals surface area (Å²) in [5, 5.41) is 11.8. The monoisotopic (exact) mass is 368 g/mol. The summed E-state index contributed by atoms with van der Waals surface area (Å²) in [6.07, 6.45) is 2.32. The lowest BCUT2D eigenvalue weighted by molar-refractivity contribution is -0.116. The van der Waals surface area contributed by atoms with Crippen LogP contribution in [-0.2, 0) is 11.2 Å². The highest BCUT2D eigenvalue weighted by molar-refractivity contribution is 7.99. The van der Waals surface area contributed by atoms with Crippen LogP contribution in [0.1, 0.15) is 24.8 Å². The molecule has 134 valence electrons. The number of aromatic nitrogens is 3. The molecule has 6 nitrogen and oxygen atoms in total. The first-order valence-corrected chi connectivity index (χ1v) is 9.40. The standard InChI is InChI=1S/C19H20N4O2S/c1-3-26-18-11-8-15(12-20-18)21-16(24)9-10-17-22-23-19(25-17)14-6-4-13(2)5-7-14/h4-8,11-12H,3,9-10H2,1-2H3,(H,21,24). The number of hydrogen-bond donors (Lipinski definition) is 1. The number of anilines is 1. The maximum atomic E-state index is 12.1. The third kappa shape index (κ3) is 4.92. The number of thioether (sulfide) groups is 1. The molecule has 7 heteroatoms. The van der Waals surface area contributed by atoms with Crippen LogP contribution in [0, 0.1) is 6.92 Å². The number of amides is 1. The third-order valence-corrected chi connectivity index (χ3v) is 4.47. The first-order chi connectivity index (χ1) is 12.6. The van der Waals surface area contributed by atoms with Crippen LogP contribution in [0.15, 0.2) is 52.0 Å². The Hall–Kier alpha value is -2.67. The quantitative estimate of drug-likeness (QED) is 0.632. The van der Waals surface area contributed by atoms with Crippen LogP contribution in [0.4, 0.5) is 5.69 Å². The maximum Gasteiger partial charge on any atom is 0.247 e. The molecule has 1 amide bonds. The Labute approximate surface area is 156 Å². The summed E-state index contributed by atoms with van der Waals surface area (Å²) < 4.78 is 5.64. The molecule has 0 saturated carbocycles. The predicted molar refractivity (Wildman–Crippen MR) is 102 cm³/mol. The van der Waals surface area contributed by atoms with Crippen molar-refractivity contribution >= 4 is 23.4 Å². The van der Waals surface area contributed by atoms with E-state index in [9.17, 15) is 4.79 Å². The van der Waals surface area contributed by atoms with Gasteiger partial charge in [0.2, 0.25) is 17.7 Å². The summed E-state index contributed by atoms with van der Waals surface area (Å²) in [6.45, 7) is 4.09. The van der Waals surface area contributed by atoms with Crippen LogP contribution in [0.25, 0.3) is 11.5 Å². The van der Waals surface area contributed by atoms with E-state index in [4.69, 9.17) is 4.42 Å². The van der Waals surface area contributed by atoms with Crippen molar-refractivity contribution in [2.24, 2.45) is 0 Å². The minimum absolute atomic E-state index is 0.113. The molecule has 0 fully saturated rings. The lowest BCUT2D eigenvalue weighted by atomic mass is 10.1. The molecule has 0 saturated heterocycles. The van der Waals surface area contributed by atoms with E-state index in [1.807, 2.05) is 43.3 Å². The summed E-state index contributed by atoms with van der Waals surface area (Å²) in [5.74, 6) is 1.77. The molecule has 2 aromatic heterocycles. The van der Waals surface area contributed by atoms with E-state index in [0.29, 0.717) is 23.9 Å². The normalized spacial score (nSPS) is 10.7. The first kappa shape index (κ1) is 18.1. The van der Waals surface area contributed by atoms with Crippen molar-refractivity contribution in [3.8, 4) is 11.5 Å². The maximum absolute atomic E-state index is 12.1. The molecule has 0 unspecified atom stereocenters. The Bertz CT molecular complexity index is 860. The van der Waals surface area contributed by atoms with Crippen molar-refractivity contribution in [1.82, 2.24) is 15.2 Å². The van der Waals surface area contributed by atoms with Crippen LogP contribution in [0.2, 0.25) is 0 Å². The van der Waals surface area contributed by atoms with Gasteiger partial charge in [0.25, 0.3) is 0 Å². The summed E-state index contributed by atoms with van der Waals surface area (Å²) in [4.78, 5) is 16.4. The molecule has 0 bridgehead atoms. The van der Waals surface area contributed by atoms with E-state index >= 15 is 0 Å². The van der Waals surface area contributed by atoms with E-state index in [-0.39, 0.29) is 12.3 Å². The van der Waals surface area contributed by atoms with E-state index in [2.05, 4.69) is 27.4 Å². The summed E-state index contributed by atoms with van der Waals surface area (Å²) in [5.41, 5.74) is 2.72. The van der Waals surface area contributed by atoms with Crippen LogP contribution in [0.5, 0.6) is 0 Å². The van der Waals surface area contributed by atoms with Gasteiger partial charge in [-0.25, -0.2) is 4.98 Å². The highest BCUT2D eigenvalue weighted by atomic mass is 32.2. The van der Waals surface area contributed by atoms with Gasteiger partial charge in [0.05, 0.1) is 16.9 Å². The number of rotatable bonds is 7. The number of nitrogens with zero attached hydrogens (tertiary/aromatic N) is 3. The smallest absolute Gasteiger partial charge is 0.247 e. The topological polar surface area (TPSA) is 80.9 Å². The highest BCUT2D eigenvalue weighted by Gasteiger charge is 2.11. The van der Waals surface area contributed by atoms with Crippen molar-refractivity contribution in [2.45, 2.75) is 31.7 Å². The van der Waals surface area contributed by atoms with Gasteiger partial charge in [0.1, 0.15) is 0 Å². The average Bonchev–Trinajstić information content (AvgIpc) is 3.11. The Morgan fingerprint density at radius 1 is 1.15 bits per heavy atom. The van der Waals surface area contributed by atoms with E-state index in [1.54, 1.807) is 18.0 Å². The van der Waals surface area contributed by atoms with Gasteiger partial charge in [-0.3, -0.25) is 4.79 Å². The number of pyridine rings is 1. The van der Waals surface area contributed by atoms with Gasteiger partial charge in [-0.15, -0.1) is 22.0 Å². The molecule has 1 N–H and O–H groups in total. The third-order valence-electron chi connectivity index (χ3n) is 3.64. The summed E-state index contributed by atoms with van der Waals surface area (Å²) in [7, 11) is 0. The molecule has 0 aliphatic rings. The number of carbonyl (C=O) groups is 1. The van der Waals surface area contributed by atoms with Crippen molar-refractivity contribution in [3.05, 3.63) is 54.0 Å². The predicted octanol–water partition coefficient (Wildman–Crippen LogP) is 4.12. The molecule has 0 atom stereocenters. The van der Waals surface area contributed by atoms with Crippen LogP contribution in [0.3, 0.4) is 0 Å². The number of nitrogens with one attached hydrogen (secondary N) is 1. The number of aryl methyl sites for hydroxylation is 2. The SMILES string of the molecule is CCSc1ccc(NC(=O)CCc2nnc(-c3ccc(C)cc3)o2)cn1. The summed E-state index contributed by atoms with van der Waals surface area (Å²) >= 11 is 1.66. The summed E-state index contributed by atoms with van der Waals surface area (Å²) in [6, 6.07) is 11.6. The van der Waals surface area contributed by atoms with Gasteiger partial charge in [-0.05, 0) is 36.9 Å². The number of hydrogen-bond acceptors (Lipinski definition) is 6. The van der Waals surface area contributed by atoms with Gasteiger partial charge in [0.15, 0.2) is 0 Å². The van der Waals surface area contributed by atoms with Crippen molar-refractivity contribution in [2.75, 3.05) is 11.1 Å². The molecule has 2 heterocycles. The van der Waals surface area contributed by atoms with Gasteiger partial charge in [-0.1, -0.05) is 24.6 Å². The fourth-order valence-corrected chi connectivity index (χ4v) is 2.89. The minimum atomic E-state index is -0.113. The molecule has 3 rings (SSSR count). The zero-order valence-corrected chi connectivity index (χ0v) is 15.5. The second kappa shape index (κ2) is 8.62. The van der Waals surface area contributed by atoms with Crippen LogP contribution >= 0.6 is 11.8 Å². The fourth-order valence-electron chi connectivity index (χ4n) is 2.30. The van der Waals surface area contributed by atoms with Gasteiger partial charge < -0.3 is 9.73 Å². The molecule has 0 aliphatic heterocycles. The molecule has 26 heavy (non-hydrogen) atoms. The molecule has 0 spiro atoms. The second-order valence-corrected chi connectivity index (χ2v) is 7.02. The van der Waals surface area contributed by atoms with Crippen LogP contribution in [-0.4, -0.2) is 26.8 Å². The fraction of sp³-hybridized carbons (Fsp3) is 0.263. The molecule has 1 aromatic carbocycles. The van der Waals surface area contributed by atoms with E-state index in [0.717, 1.165) is 16.3 Å². The molecule has 3 aromatic rings. The largest absolute Gasteiger partial charge is 0.421 e. The molecule has 0 radical (unpaired) electrons. The Morgan fingerprint density at radius 3 is 2.65 bits per heavy atom. The Kier molecular flexibility index (Phi) is 6.01. The zero-order valence-electron chi connectivity index (χ0n) is 14.7. The van der Waals surface area contributed by atoms with Gasteiger partial charge in [0, 0.05) is 18.4 Å². The number of benzene rings is 1. The average molecular weight is 368 g/mol. The van der Waals surface area contributed by atoms with Gasteiger partial charge in [-0.2, -0.15) is 0 Å². The highest BCUT2D eigenvalue weighted by Crippen LogP contribution is 2.19. The Balaban J connectivity index is 1.52. The Morgan fingerprint density at radius 2 is 1.96 bits per heavy atom.